The summed E-state index contributed by atoms with van der Waals surface area (Å²) in [5.41, 5.74) is 3.47. The van der Waals surface area contributed by atoms with Crippen LogP contribution in [0.3, 0.4) is 0 Å². The maximum atomic E-state index is 11.8. The van der Waals surface area contributed by atoms with Crippen molar-refractivity contribution < 1.29 is 4.79 Å². The van der Waals surface area contributed by atoms with Crippen LogP contribution in [0.1, 0.15) is 11.1 Å². The number of carbonyl (C=O) groups is 1. The molecule has 0 atom stereocenters. The second kappa shape index (κ2) is 3.59. The lowest BCUT2D eigenvalue weighted by Crippen LogP contribution is -2.35. The molecule has 2 heterocycles. The van der Waals surface area contributed by atoms with E-state index in [2.05, 4.69) is 17.1 Å². The molecule has 1 aromatic carbocycles. The van der Waals surface area contributed by atoms with E-state index in [4.69, 9.17) is 0 Å². The van der Waals surface area contributed by atoms with Crippen molar-refractivity contribution in [2.45, 2.75) is 6.42 Å². The van der Waals surface area contributed by atoms with Gasteiger partial charge < -0.3 is 4.90 Å². The zero-order valence-electron chi connectivity index (χ0n) is 8.89. The van der Waals surface area contributed by atoms with Crippen LogP contribution in [-0.2, 0) is 11.2 Å². The van der Waals surface area contributed by atoms with E-state index in [1.807, 2.05) is 23.1 Å². The Kier molecular flexibility index (Phi) is 2.10. The largest absolute Gasteiger partial charge is 0.310 e. The molecule has 0 saturated carbocycles. The average molecular weight is 212 g/mol. The second-order valence-corrected chi connectivity index (χ2v) is 3.99. The van der Waals surface area contributed by atoms with Gasteiger partial charge in [-0.3, -0.25) is 9.79 Å². The fraction of sp³-hybridized carbons (Fsp3) is 0.231. The molecule has 16 heavy (non-hydrogen) atoms. The highest BCUT2D eigenvalue weighted by Gasteiger charge is 2.25. The number of aliphatic imine (C=N–C) groups is 1. The van der Waals surface area contributed by atoms with Gasteiger partial charge in [-0.25, -0.2) is 0 Å². The van der Waals surface area contributed by atoms with Gasteiger partial charge in [-0.1, -0.05) is 24.3 Å². The molecule has 2 aliphatic heterocycles. The minimum atomic E-state index is 0.0921. The molecule has 0 radical (unpaired) electrons. The molecule has 0 saturated heterocycles. The number of hydrogen-bond acceptors (Lipinski definition) is 2. The lowest BCUT2D eigenvalue weighted by Gasteiger charge is -2.30. The van der Waals surface area contributed by atoms with Crippen molar-refractivity contribution in [3.63, 3.8) is 0 Å². The van der Waals surface area contributed by atoms with Gasteiger partial charge in [-0.2, -0.15) is 0 Å². The highest BCUT2D eigenvalue weighted by molar-refractivity contribution is 5.97. The molecule has 3 heteroatoms. The van der Waals surface area contributed by atoms with Gasteiger partial charge in [0.1, 0.15) is 6.54 Å². The molecule has 3 nitrogen and oxygen atoms in total. The number of rotatable bonds is 0. The zero-order valence-corrected chi connectivity index (χ0v) is 8.89. The summed E-state index contributed by atoms with van der Waals surface area (Å²) < 4.78 is 0. The van der Waals surface area contributed by atoms with Gasteiger partial charge in [0.2, 0.25) is 5.91 Å². The minimum Gasteiger partial charge on any atom is -0.310 e. The van der Waals surface area contributed by atoms with Crippen molar-refractivity contribution in [2.75, 3.05) is 13.1 Å². The average Bonchev–Trinajstić information content (AvgIpc) is 2.52. The van der Waals surface area contributed by atoms with Crippen LogP contribution in [-0.4, -0.2) is 30.1 Å². The van der Waals surface area contributed by atoms with E-state index in [0.29, 0.717) is 0 Å². The van der Waals surface area contributed by atoms with Crippen molar-refractivity contribution in [1.29, 1.82) is 0 Å². The Morgan fingerprint density at radius 3 is 3.06 bits per heavy atom. The van der Waals surface area contributed by atoms with E-state index < -0.39 is 0 Å². The minimum absolute atomic E-state index is 0.0921. The molecule has 2 aliphatic rings. The van der Waals surface area contributed by atoms with E-state index >= 15 is 0 Å². The summed E-state index contributed by atoms with van der Waals surface area (Å²) in [4.78, 5) is 17.7. The number of amides is 1. The molecule has 0 aromatic heterocycles. The van der Waals surface area contributed by atoms with Crippen molar-refractivity contribution in [2.24, 2.45) is 4.99 Å². The van der Waals surface area contributed by atoms with Crippen molar-refractivity contribution in [3.05, 3.63) is 41.5 Å². The van der Waals surface area contributed by atoms with Gasteiger partial charge in [0, 0.05) is 18.3 Å². The maximum absolute atomic E-state index is 11.8. The van der Waals surface area contributed by atoms with Crippen LogP contribution in [0.25, 0.3) is 5.70 Å². The third-order valence-electron chi connectivity index (χ3n) is 3.05. The maximum Gasteiger partial charge on any atom is 0.248 e. The van der Waals surface area contributed by atoms with Crippen molar-refractivity contribution in [1.82, 2.24) is 4.90 Å². The lowest BCUT2D eigenvalue weighted by atomic mass is 9.96. The predicted molar refractivity (Wildman–Crippen MR) is 63.2 cm³/mol. The molecular formula is C13H12N2O. The Bertz CT molecular complexity index is 502. The summed E-state index contributed by atoms with van der Waals surface area (Å²) in [6.45, 7) is 1.03. The molecule has 0 bridgehead atoms. The number of nitrogens with zero attached hydrogens (tertiary/aromatic N) is 2. The fourth-order valence-electron chi connectivity index (χ4n) is 2.26. The van der Waals surface area contributed by atoms with Crippen LogP contribution in [0, 0.1) is 0 Å². The Labute approximate surface area is 94.1 Å². The van der Waals surface area contributed by atoms with Gasteiger partial charge in [-0.05, 0) is 18.1 Å². The Balaban J connectivity index is 2.14. The van der Waals surface area contributed by atoms with E-state index in [0.717, 1.165) is 24.2 Å². The first-order valence-corrected chi connectivity index (χ1v) is 5.45. The van der Waals surface area contributed by atoms with E-state index in [-0.39, 0.29) is 12.5 Å². The van der Waals surface area contributed by atoms with Crippen molar-refractivity contribution >= 4 is 17.8 Å². The van der Waals surface area contributed by atoms with Gasteiger partial charge in [0.15, 0.2) is 0 Å². The Morgan fingerprint density at radius 1 is 1.25 bits per heavy atom. The standard InChI is InChI=1S/C13H12N2O/c16-13-9-14-7-5-12-11-4-2-1-3-10(11)6-8-15(12)13/h1-5,7H,6,8-9H2. The predicted octanol–water partition coefficient (Wildman–Crippen LogP) is 1.50. The molecule has 3 rings (SSSR count). The number of allylic oxidation sites excluding steroid dienone is 1. The normalized spacial score (nSPS) is 18.6. The van der Waals surface area contributed by atoms with Crippen LogP contribution < -0.4 is 0 Å². The van der Waals surface area contributed by atoms with E-state index in [1.54, 1.807) is 6.21 Å². The number of benzene rings is 1. The molecule has 0 unspecified atom stereocenters. The molecule has 0 N–H and O–H groups in total. The van der Waals surface area contributed by atoms with Gasteiger partial charge >= 0.3 is 0 Å². The van der Waals surface area contributed by atoms with Gasteiger partial charge in [0.25, 0.3) is 0 Å². The van der Waals surface area contributed by atoms with E-state index in [1.165, 1.54) is 5.56 Å². The third kappa shape index (κ3) is 1.36. The molecular weight excluding hydrogens is 200 g/mol. The zero-order chi connectivity index (χ0) is 11.0. The molecule has 80 valence electrons. The van der Waals surface area contributed by atoms with Crippen LogP contribution in [0.2, 0.25) is 0 Å². The third-order valence-corrected chi connectivity index (χ3v) is 3.05. The van der Waals surface area contributed by atoms with Crippen molar-refractivity contribution in [3.8, 4) is 0 Å². The topological polar surface area (TPSA) is 32.7 Å². The summed E-state index contributed by atoms with van der Waals surface area (Å²) >= 11 is 0. The molecule has 0 spiro atoms. The second-order valence-electron chi connectivity index (χ2n) is 3.99. The number of carbonyl (C=O) groups excluding carboxylic acids is 1. The smallest absolute Gasteiger partial charge is 0.248 e. The Morgan fingerprint density at radius 2 is 2.12 bits per heavy atom. The molecule has 1 aromatic rings. The summed E-state index contributed by atoms with van der Waals surface area (Å²) in [6.07, 6.45) is 4.59. The summed E-state index contributed by atoms with van der Waals surface area (Å²) in [5, 5.41) is 0. The quantitative estimate of drug-likeness (QED) is 0.641. The summed E-state index contributed by atoms with van der Waals surface area (Å²) in [6, 6.07) is 8.25. The Hall–Kier alpha value is -1.90. The first-order chi connectivity index (χ1) is 7.86. The summed E-state index contributed by atoms with van der Waals surface area (Å²) in [5.74, 6) is 0.0921. The fourth-order valence-corrected chi connectivity index (χ4v) is 2.26. The van der Waals surface area contributed by atoms with Crippen LogP contribution in [0.4, 0.5) is 0 Å². The van der Waals surface area contributed by atoms with Crippen LogP contribution in [0.5, 0.6) is 0 Å². The highest BCUT2D eigenvalue weighted by Crippen LogP contribution is 2.28. The first-order valence-electron chi connectivity index (χ1n) is 5.45. The van der Waals surface area contributed by atoms with Gasteiger partial charge in [0.05, 0.1) is 5.70 Å². The van der Waals surface area contributed by atoms with E-state index in [9.17, 15) is 4.79 Å². The lowest BCUT2D eigenvalue weighted by molar-refractivity contribution is -0.126. The monoisotopic (exact) mass is 212 g/mol. The molecule has 1 amide bonds. The number of fused-ring (bicyclic) bond motifs is 3. The van der Waals surface area contributed by atoms with Gasteiger partial charge in [-0.15, -0.1) is 0 Å². The van der Waals surface area contributed by atoms with Crippen LogP contribution in [0.15, 0.2) is 35.3 Å². The van der Waals surface area contributed by atoms with Crippen LogP contribution >= 0.6 is 0 Å². The SMILES string of the molecule is O=C1CN=CC=C2c3ccccc3CCN12. The highest BCUT2D eigenvalue weighted by atomic mass is 16.2. The first kappa shape index (κ1) is 9.33. The molecule has 0 aliphatic carbocycles. The summed E-state index contributed by atoms with van der Waals surface area (Å²) in [7, 11) is 0. The number of hydrogen-bond donors (Lipinski definition) is 0. The molecule has 0 fully saturated rings.